The number of nitrogens with one attached hydrogen (secondary N) is 1. The average molecular weight is 554 g/mol. The van der Waals surface area contributed by atoms with Crippen molar-refractivity contribution in [3.63, 3.8) is 0 Å². The van der Waals surface area contributed by atoms with E-state index in [-0.39, 0.29) is 54.9 Å². The Bertz CT molecular complexity index is 1140. The minimum Gasteiger partial charge on any atom is -0.497 e. The molecule has 1 atom stereocenters. The van der Waals surface area contributed by atoms with Gasteiger partial charge in [0.25, 0.3) is 0 Å². The van der Waals surface area contributed by atoms with Gasteiger partial charge in [-0.05, 0) is 74.9 Å². The maximum absolute atomic E-state index is 13.6. The third-order valence-electron chi connectivity index (χ3n) is 9.29. The lowest BCUT2D eigenvalue weighted by molar-refractivity contribution is -0.139. The number of hydrogen-bond donors (Lipinski definition) is 1. The summed E-state index contributed by atoms with van der Waals surface area (Å²) in [6.45, 7) is 3.94. The first-order valence-electron chi connectivity index (χ1n) is 14.6. The second kappa shape index (κ2) is 12.2. The molecule has 2 aromatic carbocycles. The van der Waals surface area contributed by atoms with Crippen molar-refractivity contribution < 1.29 is 23.1 Å². The molecule has 1 saturated carbocycles. The van der Waals surface area contributed by atoms with Gasteiger partial charge in [-0.1, -0.05) is 42.5 Å². The van der Waals surface area contributed by atoms with Gasteiger partial charge in [-0.2, -0.15) is 0 Å². The largest absolute Gasteiger partial charge is 0.497 e. The summed E-state index contributed by atoms with van der Waals surface area (Å²) >= 11 is 0. The fourth-order valence-corrected chi connectivity index (χ4v) is 6.57. The second-order valence-electron chi connectivity index (χ2n) is 11.8. The van der Waals surface area contributed by atoms with Gasteiger partial charge in [-0.3, -0.25) is 9.59 Å². The average Bonchev–Trinajstić information content (AvgIpc) is 3.26. The molecule has 2 amide bonds. The number of carbonyl (C=O) groups excluding carboxylic acids is 2. The SMILES string of the molecule is COc1ccc(CN2CCC3(CCN(CC[C@H](NC(=O)C4CCC(F)(F)CC4)c4ccccc4)CC3)C2=O)cc1. The van der Waals surface area contributed by atoms with Crippen LogP contribution in [0, 0.1) is 11.3 Å². The molecule has 0 aromatic heterocycles. The first kappa shape index (κ1) is 28.5. The van der Waals surface area contributed by atoms with Crippen molar-refractivity contribution in [1.29, 1.82) is 0 Å². The van der Waals surface area contributed by atoms with Gasteiger partial charge in [0.1, 0.15) is 5.75 Å². The number of rotatable bonds is 9. The number of ether oxygens (including phenoxy) is 1. The van der Waals surface area contributed by atoms with Crippen LogP contribution < -0.4 is 10.1 Å². The van der Waals surface area contributed by atoms with Crippen LogP contribution in [0.1, 0.15) is 68.5 Å². The normalized spacial score (nSPS) is 21.9. The molecule has 6 nitrogen and oxygen atoms in total. The van der Waals surface area contributed by atoms with Crippen molar-refractivity contribution in [2.45, 2.75) is 69.9 Å². The first-order chi connectivity index (χ1) is 19.3. The smallest absolute Gasteiger partial charge is 0.248 e. The van der Waals surface area contributed by atoms with E-state index in [1.165, 1.54) is 0 Å². The van der Waals surface area contributed by atoms with Crippen LogP contribution in [-0.2, 0) is 16.1 Å². The number of amides is 2. The van der Waals surface area contributed by atoms with Gasteiger partial charge in [-0.25, -0.2) is 8.78 Å². The van der Waals surface area contributed by atoms with Gasteiger partial charge in [0.05, 0.1) is 18.6 Å². The maximum Gasteiger partial charge on any atom is 0.248 e. The Kier molecular flexibility index (Phi) is 8.74. The number of alkyl halides is 2. The van der Waals surface area contributed by atoms with E-state index in [4.69, 9.17) is 4.74 Å². The highest BCUT2D eigenvalue weighted by Gasteiger charge is 2.48. The molecular formula is C32H41F2N3O3. The molecule has 1 spiro atoms. The molecule has 40 heavy (non-hydrogen) atoms. The van der Waals surface area contributed by atoms with Crippen LogP contribution >= 0.6 is 0 Å². The molecule has 0 bridgehead atoms. The molecule has 2 aliphatic heterocycles. The highest BCUT2D eigenvalue weighted by atomic mass is 19.3. The van der Waals surface area contributed by atoms with Gasteiger partial charge in [0.15, 0.2) is 0 Å². The zero-order valence-corrected chi connectivity index (χ0v) is 23.4. The molecule has 2 saturated heterocycles. The number of methoxy groups -OCH3 is 1. The van der Waals surface area contributed by atoms with Crippen LogP contribution in [0.3, 0.4) is 0 Å². The summed E-state index contributed by atoms with van der Waals surface area (Å²) in [5.41, 5.74) is 1.88. The molecule has 3 aliphatic rings. The number of likely N-dealkylation sites (tertiary alicyclic amines) is 2. The van der Waals surface area contributed by atoms with Crippen molar-refractivity contribution in [2.75, 3.05) is 33.3 Å². The van der Waals surface area contributed by atoms with Crippen LogP contribution in [0.2, 0.25) is 0 Å². The zero-order valence-electron chi connectivity index (χ0n) is 23.4. The Labute approximate surface area is 236 Å². The lowest BCUT2D eigenvalue weighted by atomic mass is 9.77. The van der Waals surface area contributed by atoms with E-state index in [1.54, 1.807) is 7.11 Å². The standard InChI is InChI=1S/C32H41F2N3O3/c1-40-27-9-7-24(8-10-27)23-37-22-18-31(30(37)39)16-20-36(21-17-31)19-13-28(25-5-3-2-4-6-25)35-29(38)26-11-14-32(33,34)15-12-26/h2-10,26,28H,11-23H2,1H3,(H,35,38)/t28-/m0/s1. The molecule has 3 fully saturated rings. The summed E-state index contributed by atoms with van der Waals surface area (Å²) in [4.78, 5) is 30.9. The van der Waals surface area contributed by atoms with E-state index in [9.17, 15) is 18.4 Å². The van der Waals surface area contributed by atoms with E-state index in [2.05, 4.69) is 10.2 Å². The van der Waals surface area contributed by atoms with Crippen LogP contribution in [-0.4, -0.2) is 60.8 Å². The molecular weight excluding hydrogens is 512 g/mol. The number of carbonyl (C=O) groups is 2. The number of piperidine rings is 1. The molecule has 216 valence electrons. The van der Waals surface area contributed by atoms with E-state index in [1.807, 2.05) is 59.5 Å². The number of benzene rings is 2. The number of hydrogen-bond acceptors (Lipinski definition) is 4. The van der Waals surface area contributed by atoms with Gasteiger partial charge in [0, 0.05) is 38.4 Å². The summed E-state index contributed by atoms with van der Waals surface area (Å²) in [5, 5.41) is 3.18. The van der Waals surface area contributed by atoms with Gasteiger partial charge < -0.3 is 19.9 Å². The second-order valence-corrected chi connectivity index (χ2v) is 11.8. The minimum atomic E-state index is -2.64. The van der Waals surface area contributed by atoms with E-state index < -0.39 is 5.92 Å². The molecule has 0 unspecified atom stereocenters. The lowest BCUT2D eigenvalue weighted by Gasteiger charge is -2.38. The molecule has 0 radical (unpaired) electrons. The van der Waals surface area contributed by atoms with Crippen molar-refractivity contribution in [3.05, 3.63) is 65.7 Å². The van der Waals surface area contributed by atoms with E-state index >= 15 is 0 Å². The zero-order chi connectivity index (χ0) is 28.2. The molecule has 1 N–H and O–H groups in total. The summed E-state index contributed by atoms with van der Waals surface area (Å²) < 4.78 is 32.5. The maximum atomic E-state index is 13.6. The van der Waals surface area contributed by atoms with Crippen molar-refractivity contribution in [2.24, 2.45) is 11.3 Å². The van der Waals surface area contributed by atoms with Crippen molar-refractivity contribution >= 4 is 11.8 Å². The summed E-state index contributed by atoms with van der Waals surface area (Å²) in [5.74, 6) is -2.02. The fraction of sp³-hybridized carbons (Fsp3) is 0.562. The van der Waals surface area contributed by atoms with Gasteiger partial charge >= 0.3 is 0 Å². The van der Waals surface area contributed by atoms with Gasteiger partial charge in [-0.15, -0.1) is 0 Å². The Morgan fingerprint density at radius 1 is 0.975 bits per heavy atom. The summed E-state index contributed by atoms with van der Waals surface area (Å²) in [6, 6.07) is 17.6. The number of nitrogens with zero attached hydrogens (tertiary/aromatic N) is 2. The number of halogens is 2. The first-order valence-corrected chi connectivity index (χ1v) is 14.6. The van der Waals surface area contributed by atoms with E-state index in [0.29, 0.717) is 6.54 Å². The van der Waals surface area contributed by atoms with Gasteiger partial charge in [0.2, 0.25) is 17.7 Å². The van der Waals surface area contributed by atoms with Crippen molar-refractivity contribution in [1.82, 2.24) is 15.1 Å². The predicted octanol–water partition coefficient (Wildman–Crippen LogP) is 5.58. The Morgan fingerprint density at radius 2 is 1.62 bits per heavy atom. The molecule has 1 aliphatic carbocycles. The predicted molar refractivity (Wildman–Crippen MR) is 150 cm³/mol. The monoisotopic (exact) mass is 553 g/mol. The Hall–Kier alpha value is -3.00. The topological polar surface area (TPSA) is 61.9 Å². The third-order valence-corrected chi connectivity index (χ3v) is 9.29. The third kappa shape index (κ3) is 6.65. The lowest BCUT2D eigenvalue weighted by Crippen LogP contribution is -2.45. The van der Waals surface area contributed by atoms with E-state index in [0.717, 1.165) is 68.7 Å². The van der Waals surface area contributed by atoms with Crippen LogP contribution in [0.5, 0.6) is 5.75 Å². The van der Waals surface area contributed by atoms with Crippen LogP contribution in [0.4, 0.5) is 8.78 Å². The molecule has 8 heteroatoms. The Balaban J connectivity index is 1.13. The molecule has 5 rings (SSSR count). The van der Waals surface area contributed by atoms with Crippen LogP contribution in [0.25, 0.3) is 0 Å². The minimum absolute atomic E-state index is 0.115. The Morgan fingerprint density at radius 3 is 2.27 bits per heavy atom. The highest BCUT2D eigenvalue weighted by Crippen LogP contribution is 2.42. The van der Waals surface area contributed by atoms with Crippen molar-refractivity contribution in [3.8, 4) is 5.75 Å². The quantitative estimate of drug-likeness (QED) is 0.440. The highest BCUT2D eigenvalue weighted by molar-refractivity contribution is 5.85. The fourth-order valence-electron chi connectivity index (χ4n) is 6.57. The van der Waals surface area contributed by atoms with Crippen LogP contribution in [0.15, 0.2) is 54.6 Å². The summed E-state index contributed by atoms with van der Waals surface area (Å²) in [7, 11) is 1.65. The summed E-state index contributed by atoms with van der Waals surface area (Å²) in [6.07, 6.45) is 3.38. The molecule has 2 aromatic rings. The molecule has 2 heterocycles.